The lowest BCUT2D eigenvalue weighted by molar-refractivity contribution is 0.128. The second-order valence-corrected chi connectivity index (χ2v) is 6.36. The average Bonchev–Trinajstić information content (AvgIpc) is 3.08. The van der Waals surface area contributed by atoms with Crippen molar-refractivity contribution >= 4 is 11.6 Å². The topological polar surface area (TPSA) is 12.0 Å². The van der Waals surface area contributed by atoms with Crippen LogP contribution in [0.5, 0.6) is 0 Å². The molecule has 0 atom stereocenters. The lowest BCUT2D eigenvalue weighted by Gasteiger charge is -2.42. The summed E-state index contributed by atoms with van der Waals surface area (Å²) in [5.74, 6) is -0.153. The van der Waals surface area contributed by atoms with Gasteiger partial charge in [0.05, 0.1) is 0 Å². The molecule has 3 rings (SSSR count). The zero-order valence-corrected chi connectivity index (χ0v) is 11.3. The number of nitrogens with one attached hydrogen (secondary N) is 1. The van der Waals surface area contributed by atoms with Crippen molar-refractivity contribution in [3.8, 4) is 0 Å². The Morgan fingerprint density at radius 2 is 2.11 bits per heavy atom. The Hall–Kier alpha value is -0.600. The van der Waals surface area contributed by atoms with Gasteiger partial charge < -0.3 is 5.32 Å². The summed E-state index contributed by atoms with van der Waals surface area (Å²) in [7, 11) is 0. The molecule has 1 aromatic carbocycles. The maximum absolute atomic E-state index is 13.8. The predicted molar refractivity (Wildman–Crippen MR) is 72.4 cm³/mol. The van der Waals surface area contributed by atoms with E-state index in [0.717, 1.165) is 24.6 Å². The van der Waals surface area contributed by atoms with Crippen LogP contribution in [0.4, 0.5) is 4.39 Å². The molecule has 2 fully saturated rings. The summed E-state index contributed by atoms with van der Waals surface area (Å²) in [4.78, 5) is 0. The average molecular weight is 268 g/mol. The quantitative estimate of drug-likeness (QED) is 0.852. The number of hydrogen-bond acceptors (Lipinski definition) is 1. The minimum atomic E-state index is -0.153. The lowest BCUT2D eigenvalue weighted by Crippen LogP contribution is -2.42. The van der Waals surface area contributed by atoms with Gasteiger partial charge in [-0.15, -0.1) is 0 Å². The molecule has 0 heterocycles. The van der Waals surface area contributed by atoms with Gasteiger partial charge in [0.15, 0.2) is 0 Å². The molecule has 1 nitrogen and oxygen atoms in total. The maximum Gasteiger partial charge on any atom is 0.127 e. The van der Waals surface area contributed by atoms with Crippen molar-refractivity contribution in [3.05, 3.63) is 34.6 Å². The van der Waals surface area contributed by atoms with E-state index in [4.69, 9.17) is 11.6 Å². The van der Waals surface area contributed by atoms with Gasteiger partial charge in [-0.25, -0.2) is 4.39 Å². The fraction of sp³-hybridized carbons (Fsp3) is 0.600. The van der Waals surface area contributed by atoms with Crippen molar-refractivity contribution < 1.29 is 4.39 Å². The highest BCUT2D eigenvalue weighted by Gasteiger charge is 2.38. The molecule has 0 spiro atoms. The Labute approximate surface area is 113 Å². The molecule has 0 amide bonds. The number of halogens is 2. The van der Waals surface area contributed by atoms with Gasteiger partial charge >= 0.3 is 0 Å². The van der Waals surface area contributed by atoms with Gasteiger partial charge in [-0.2, -0.15) is 0 Å². The molecule has 0 aliphatic heterocycles. The Morgan fingerprint density at radius 1 is 1.33 bits per heavy atom. The number of hydrogen-bond donors (Lipinski definition) is 1. The SMILES string of the molecule is Fc1cc(Cl)ccc1CC1(CNC2CC2)CCC1. The van der Waals surface area contributed by atoms with E-state index >= 15 is 0 Å². The highest BCUT2D eigenvalue weighted by atomic mass is 35.5. The number of rotatable bonds is 5. The van der Waals surface area contributed by atoms with Crippen molar-refractivity contribution in [1.82, 2.24) is 5.32 Å². The van der Waals surface area contributed by atoms with Gasteiger partial charge in [-0.05, 0) is 55.2 Å². The molecule has 3 heteroatoms. The summed E-state index contributed by atoms with van der Waals surface area (Å²) in [6.07, 6.45) is 7.18. The van der Waals surface area contributed by atoms with Crippen LogP contribution in [0.25, 0.3) is 0 Å². The van der Waals surface area contributed by atoms with Gasteiger partial charge in [0.1, 0.15) is 5.82 Å². The van der Waals surface area contributed by atoms with Crippen molar-refractivity contribution in [2.45, 2.75) is 44.6 Å². The first kappa shape index (κ1) is 12.4. The fourth-order valence-corrected chi connectivity index (χ4v) is 2.97. The Kier molecular flexibility index (Phi) is 3.33. The summed E-state index contributed by atoms with van der Waals surface area (Å²) in [6.45, 7) is 1.04. The third kappa shape index (κ3) is 2.70. The summed E-state index contributed by atoms with van der Waals surface area (Å²) in [5.41, 5.74) is 1.11. The summed E-state index contributed by atoms with van der Waals surface area (Å²) >= 11 is 5.79. The molecule has 0 bridgehead atoms. The Bertz CT molecular complexity index is 438. The first-order valence-electron chi connectivity index (χ1n) is 6.84. The van der Waals surface area contributed by atoms with E-state index in [9.17, 15) is 4.39 Å². The van der Waals surface area contributed by atoms with E-state index in [-0.39, 0.29) is 11.2 Å². The van der Waals surface area contributed by atoms with E-state index in [1.807, 2.05) is 6.07 Å². The largest absolute Gasteiger partial charge is 0.313 e. The molecule has 0 aromatic heterocycles. The van der Waals surface area contributed by atoms with Crippen molar-refractivity contribution in [3.63, 3.8) is 0 Å². The lowest BCUT2D eigenvalue weighted by atomic mass is 9.65. The Morgan fingerprint density at radius 3 is 2.67 bits per heavy atom. The zero-order valence-electron chi connectivity index (χ0n) is 10.5. The van der Waals surface area contributed by atoms with Crippen molar-refractivity contribution in [2.24, 2.45) is 5.41 Å². The van der Waals surface area contributed by atoms with E-state index in [2.05, 4.69) is 5.32 Å². The van der Waals surface area contributed by atoms with Crippen LogP contribution in [0.2, 0.25) is 5.02 Å². The maximum atomic E-state index is 13.8. The molecular weight excluding hydrogens is 249 g/mol. The van der Waals surface area contributed by atoms with Crippen LogP contribution in [-0.4, -0.2) is 12.6 Å². The fourth-order valence-electron chi connectivity index (χ4n) is 2.81. The van der Waals surface area contributed by atoms with E-state index in [0.29, 0.717) is 5.02 Å². The van der Waals surface area contributed by atoms with Crippen LogP contribution in [0.3, 0.4) is 0 Å². The normalized spacial score (nSPS) is 21.7. The van der Waals surface area contributed by atoms with Crippen molar-refractivity contribution in [1.29, 1.82) is 0 Å². The third-order valence-corrected chi connectivity index (χ3v) is 4.57. The zero-order chi connectivity index (χ0) is 12.6. The van der Waals surface area contributed by atoms with Gasteiger partial charge in [-0.3, -0.25) is 0 Å². The minimum absolute atomic E-state index is 0.153. The van der Waals surface area contributed by atoms with E-state index in [1.165, 1.54) is 38.2 Å². The second kappa shape index (κ2) is 4.82. The van der Waals surface area contributed by atoms with Gasteiger partial charge in [0.25, 0.3) is 0 Å². The predicted octanol–water partition coefficient (Wildman–Crippen LogP) is 3.94. The first-order chi connectivity index (χ1) is 8.67. The molecule has 1 N–H and O–H groups in total. The van der Waals surface area contributed by atoms with Crippen LogP contribution < -0.4 is 5.32 Å². The molecule has 0 unspecified atom stereocenters. The van der Waals surface area contributed by atoms with Gasteiger partial charge in [0.2, 0.25) is 0 Å². The molecule has 1 aromatic rings. The first-order valence-corrected chi connectivity index (χ1v) is 7.22. The van der Waals surface area contributed by atoms with Crippen LogP contribution in [0.1, 0.15) is 37.7 Å². The van der Waals surface area contributed by atoms with E-state index < -0.39 is 0 Å². The molecular formula is C15H19ClFN. The van der Waals surface area contributed by atoms with Crippen LogP contribution in [0, 0.1) is 11.2 Å². The minimum Gasteiger partial charge on any atom is -0.313 e. The van der Waals surface area contributed by atoms with Crippen LogP contribution >= 0.6 is 11.6 Å². The third-order valence-electron chi connectivity index (χ3n) is 4.34. The molecule has 98 valence electrons. The Balaban J connectivity index is 1.68. The van der Waals surface area contributed by atoms with E-state index in [1.54, 1.807) is 6.07 Å². The van der Waals surface area contributed by atoms with Gasteiger partial charge in [-0.1, -0.05) is 24.1 Å². The number of benzene rings is 1. The molecule has 2 saturated carbocycles. The molecule has 2 aliphatic carbocycles. The molecule has 18 heavy (non-hydrogen) atoms. The summed E-state index contributed by atoms with van der Waals surface area (Å²) in [5, 5.41) is 4.08. The standard InChI is InChI=1S/C15H19ClFN/c16-12-3-2-11(14(17)8-12)9-15(6-1-7-15)10-18-13-4-5-13/h2-3,8,13,18H,1,4-7,9-10H2. The molecule has 0 radical (unpaired) electrons. The van der Waals surface area contributed by atoms with Crippen LogP contribution in [0.15, 0.2) is 18.2 Å². The second-order valence-electron chi connectivity index (χ2n) is 5.92. The van der Waals surface area contributed by atoms with Crippen molar-refractivity contribution in [2.75, 3.05) is 6.54 Å². The summed E-state index contributed by atoms with van der Waals surface area (Å²) < 4.78 is 13.8. The molecule has 0 saturated heterocycles. The monoisotopic (exact) mass is 267 g/mol. The molecule has 2 aliphatic rings. The smallest absolute Gasteiger partial charge is 0.127 e. The highest BCUT2D eigenvalue weighted by molar-refractivity contribution is 6.30. The highest BCUT2D eigenvalue weighted by Crippen LogP contribution is 2.44. The van der Waals surface area contributed by atoms with Crippen LogP contribution in [-0.2, 0) is 6.42 Å². The van der Waals surface area contributed by atoms with Gasteiger partial charge in [0, 0.05) is 17.6 Å². The summed E-state index contributed by atoms with van der Waals surface area (Å²) in [6, 6.07) is 5.80.